The summed E-state index contributed by atoms with van der Waals surface area (Å²) in [6.07, 6.45) is 3.43. The predicted molar refractivity (Wildman–Crippen MR) is 89.8 cm³/mol. The number of nitrogens with one attached hydrogen (secondary N) is 1. The van der Waals surface area contributed by atoms with Gasteiger partial charge >= 0.3 is 0 Å². The predicted octanol–water partition coefficient (Wildman–Crippen LogP) is 3.64. The van der Waals surface area contributed by atoms with Crippen LogP contribution in [0.2, 0.25) is 0 Å². The smallest absolute Gasteiger partial charge is 0.244 e. The summed E-state index contributed by atoms with van der Waals surface area (Å²) in [5.41, 5.74) is 4.31. The topological polar surface area (TPSA) is 38.3 Å². The minimum atomic E-state index is -0.0986. The molecular formula is C19H21NO2. The van der Waals surface area contributed by atoms with Crippen LogP contribution in [0.3, 0.4) is 0 Å². The molecular weight excluding hydrogens is 274 g/mol. The molecule has 0 radical (unpaired) electrons. The Morgan fingerprint density at radius 2 is 1.77 bits per heavy atom. The van der Waals surface area contributed by atoms with Gasteiger partial charge in [-0.05, 0) is 54.3 Å². The molecule has 114 valence electrons. The normalized spacial score (nSPS) is 10.7. The number of methoxy groups -OCH3 is 1. The van der Waals surface area contributed by atoms with Crippen LogP contribution in [0.4, 0.5) is 0 Å². The molecule has 1 amide bonds. The van der Waals surface area contributed by atoms with Gasteiger partial charge in [0.25, 0.3) is 0 Å². The molecule has 22 heavy (non-hydrogen) atoms. The Hall–Kier alpha value is -2.55. The van der Waals surface area contributed by atoms with E-state index in [1.807, 2.05) is 62.4 Å². The summed E-state index contributed by atoms with van der Waals surface area (Å²) >= 11 is 0. The molecule has 2 aromatic carbocycles. The summed E-state index contributed by atoms with van der Waals surface area (Å²) in [4.78, 5) is 11.9. The Labute approximate surface area is 131 Å². The van der Waals surface area contributed by atoms with Gasteiger partial charge in [0.2, 0.25) is 5.91 Å². The lowest BCUT2D eigenvalue weighted by Gasteiger charge is -2.09. The number of carbonyl (C=O) groups is 1. The van der Waals surface area contributed by atoms with E-state index < -0.39 is 0 Å². The van der Waals surface area contributed by atoms with Gasteiger partial charge in [-0.1, -0.05) is 30.3 Å². The maximum atomic E-state index is 11.9. The molecule has 0 heterocycles. The second-order valence-corrected chi connectivity index (χ2v) is 5.21. The largest absolute Gasteiger partial charge is 0.497 e. The molecule has 2 rings (SSSR count). The number of carbonyl (C=O) groups excluding carboxylic acids is 1. The van der Waals surface area contributed by atoms with E-state index in [1.54, 1.807) is 13.2 Å². The van der Waals surface area contributed by atoms with Gasteiger partial charge in [0.15, 0.2) is 0 Å². The van der Waals surface area contributed by atoms with Crippen LogP contribution < -0.4 is 10.1 Å². The van der Waals surface area contributed by atoms with Crippen molar-refractivity contribution in [3.8, 4) is 5.75 Å². The maximum Gasteiger partial charge on any atom is 0.244 e. The molecule has 0 aliphatic heterocycles. The quantitative estimate of drug-likeness (QED) is 0.855. The van der Waals surface area contributed by atoms with Crippen LogP contribution in [-0.4, -0.2) is 13.0 Å². The summed E-state index contributed by atoms with van der Waals surface area (Å²) in [5, 5.41) is 2.88. The molecule has 0 aliphatic carbocycles. The first-order valence-electron chi connectivity index (χ1n) is 7.25. The van der Waals surface area contributed by atoms with Crippen molar-refractivity contribution < 1.29 is 9.53 Å². The highest BCUT2D eigenvalue weighted by Crippen LogP contribution is 2.22. The lowest BCUT2D eigenvalue weighted by molar-refractivity contribution is -0.116. The number of benzene rings is 2. The molecule has 0 bridgehead atoms. The van der Waals surface area contributed by atoms with Crippen molar-refractivity contribution in [2.24, 2.45) is 0 Å². The van der Waals surface area contributed by atoms with Gasteiger partial charge < -0.3 is 10.1 Å². The average molecular weight is 295 g/mol. The summed E-state index contributed by atoms with van der Waals surface area (Å²) in [6.45, 7) is 4.55. The monoisotopic (exact) mass is 295 g/mol. The molecule has 2 aromatic rings. The molecule has 0 spiro atoms. The summed E-state index contributed by atoms with van der Waals surface area (Å²) in [6, 6.07) is 13.8. The van der Waals surface area contributed by atoms with Gasteiger partial charge in [-0.15, -0.1) is 0 Å². The van der Waals surface area contributed by atoms with E-state index in [2.05, 4.69) is 5.32 Å². The lowest BCUT2D eigenvalue weighted by Crippen LogP contribution is -2.20. The number of hydrogen-bond acceptors (Lipinski definition) is 2. The Balaban J connectivity index is 2.01. The van der Waals surface area contributed by atoms with Gasteiger partial charge in [-0.3, -0.25) is 4.79 Å². The zero-order chi connectivity index (χ0) is 15.9. The molecule has 3 nitrogen and oxygen atoms in total. The first-order chi connectivity index (χ1) is 10.6. The fourth-order valence-corrected chi connectivity index (χ4v) is 2.32. The number of aryl methyl sites for hydroxylation is 2. The lowest BCUT2D eigenvalue weighted by atomic mass is 10.0. The van der Waals surface area contributed by atoms with E-state index in [1.165, 1.54) is 0 Å². The maximum absolute atomic E-state index is 11.9. The molecule has 0 saturated heterocycles. The van der Waals surface area contributed by atoms with Crippen molar-refractivity contribution in [3.05, 3.63) is 70.8 Å². The van der Waals surface area contributed by atoms with E-state index in [-0.39, 0.29) is 5.91 Å². The molecule has 1 N–H and O–H groups in total. The fourth-order valence-electron chi connectivity index (χ4n) is 2.32. The van der Waals surface area contributed by atoms with Gasteiger partial charge in [-0.25, -0.2) is 0 Å². The van der Waals surface area contributed by atoms with Crippen LogP contribution in [0.1, 0.15) is 22.3 Å². The molecule has 0 atom stereocenters. The van der Waals surface area contributed by atoms with E-state index in [0.29, 0.717) is 6.54 Å². The minimum Gasteiger partial charge on any atom is -0.497 e. The molecule has 0 saturated carbocycles. The molecule has 0 aliphatic rings. The number of amides is 1. The van der Waals surface area contributed by atoms with Crippen LogP contribution in [0.5, 0.6) is 5.75 Å². The summed E-state index contributed by atoms with van der Waals surface area (Å²) < 4.78 is 5.24. The number of rotatable bonds is 5. The van der Waals surface area contributed by atoms with E-state index in [0.717, 1.165) is 28.0 Å². The molecule has 0 fully saturated rings. The van der Waals surface area contributed by atoms with E-state index >= 15 is 0 Å². The SMILES string of the molecule is COc1cc(C)c(/C=C/C(=O)NCc2ccccc2)c(C)c1. The third-order valence-corrected chi connectivity index (χ3v) is 3.51. The van der Waals surface area contributed by atoms with Crippen LogP contribution in [0, 0.1) is 13.8 Å². The first kappa shape index (κ1) is 15.8. The van der Waals surface area contributed by atoms with Crippen molar-refractivity contribution in [1.29, 1.82) is 0 Å². The second-order valence-electron chi connectivity index (χ2n) is 5.21. The Kier molecular flexibility index (Phi) is 5.37. The van der Waals surface area contributed by atoms with Gasteiger partial charge in [0, 0.05) is 12.6 Å². The van der Waals surface area contributed by atoms with Crippen molar-refractivity contribution in [2.45, 2.75) is 20.4 Å². The standard InChI is InChI=1S/C19H21NO2/c1-14-11-17(22-3)12-15(2)18(14)9-10-19(21)20-13-16-7-5-4-6-8-16/h4-12H,13H2,1-3H3,(H,20,21)/b10-9+. The summed E-state index contributed by atoms with van der Waals surface area (Å²) in [7, 11) is 1.65. The highest BCUT2D eigenvalue weighted by Gasteiger charge is 2.03. The van der Waals surface area contributed by atoms with Crippen molar-refractivity contribution in [3.63, 3.8) is 0 Å². The molecule has 0 unspecified atom stereocenters. The van der Waals surface area contributed by atoms with Crippen LogP contribution >= 0.6 is 0 Å². The first-order valence-corrected chi connectivity index (χ1v) is 7.25. The van der Waals surface area contributed by atoms with Crippen molar-refractivity contribution >= 4 is 12.0 Å². The fraction of sp³-hybridized carbons (Fsp3) is 0.211. The second kappa shape index (κ2) is 7.46. The van der Waals surface area contributed by atoms with Gasteiger partial charge in [0.05, 0.1) is 7.11 Å². The molecule has 3 heteroatoms. The van der Waals surface area contributed by atoms with Gasteiger partial charge in [0.1, 0.15) is 5.75 Å². The van der Waals surface area contributed by atoms with E-state index in [4.69, 9.17) is 4.74 Å². The average Bonchev–Trinajstić information content (AvgIpc) is 2.52. The van der Waals surface area contributed by atoms with Crippen molar-refractivity contribution in [2.75, 3.05) is 7.11 Å². The third kappa shape index (κ3) is 4.22. The zero-order valence-corrected chi connectivity index (χ0v) is 13.2. The highest BCUT2D eigenvalue weighted by atomic mass is 16.5. The highest BCUT2D eigenvalue weighted by molar-refractivity contribution is 5.92. The zero-order valence-electron chi connectivity index (χ0n) is 13.2. The van der Waals surface area contributed by atoms with Crippen LogP contribution in [0.15, 0.2) is 48.5 Å². The summed E-state index contributed by atoms with van der Waals surface area (Å²) in [5.74, 6) is 0.735. The number of ether oxygens (including phenoxy) is 1. The number of hydrogen-bond donors (Lipinski definition) is 1. The van der Waals surface area contributed by atoms with E-state index in [9.17, 15) is 4.79 Å². The Morgan fingerprint density at radius 3 is 2.36 bits per heavy atom. The minimum absolute atomic E-state index is 0.0986. The van der Waals surface area contributed by atoms with Gasteiger partial charge in [-0.2, -0.15) is 0 Å². The van der Waals surface area contributed by atoms with Crippen LogP contribution in [-0.2, 0) is 11.3 Å². The van der Waals surface area contributed by atoms with Crippen molar-refractivity contribution in [1.82, 2.24) is 5.32 Å². The Bertz CT molecular complexity index is 652. The third-order valence-electron chi connectivity index (χ3n) is 3.51. The van der Waals surface area contributed by atoms with Crippen LogP contribution in [0.25, 0.3) is 6.08 Å². The Morgan fingerprint density at radius 1 is 1.14 bits per heavy atom. The molecule has 0 aromatic heterocycles.